The van der Waals surface area contributed by atoms with E-state index in [0.29, 0.717) is 27.6 Å². The molecule has 0 fully saturated rings. The highest BCUT2D eigenvalue weighted by molar-refractivity contribution is 6.31. The molecule has 2 aromatic heterocycles. The molecule has 5 aromatic rings. The van der Waals surface area contributed by atoms with E-state index in [-0.39, 0.29) is 12.2 Å². The van der Waals surface area contributed by atoms with Crippen LogP contribution >= 0.6 is 11.6 Å². The third-order valence-electron chi connectivity index (χ3n) is 5.03. The van der Waals surface area contributed by atoms with Gasteiger partial charge >= 0.3 is 5.63 Å². The second kappa shape index (κ2) is 7.85. The Morgan fingerprint density at radius 2 is 1.77 bits per heavy atom. The van der Waals surface area contributed by atoms with E-state index in [1.807, 2.05) is 30.3 Å². The Labute approximate surface area is 181 Å². The highest BCUT2D eigenvalue weighted by Gasteiger charge is 2.12. The fourth-order valence-corrected chi connectivity index (χ4v) is 3.62. The Morgan fingerprint density at radius 1 is 0.935 bits per heavy atom. The van der Waals surface area contributed by atoms with Crippen LogP contribution in [-0.2, 0) is 6.61 Å². The van der Waals surface area contributed by atoms with Gasteiger partial charge in [-0.05, 0) is 42.5 Å². The first-order valence-corrected chi connectivity index (χ1v) is 9.96. The lowest BCUT2D eigenvalue weighted by Gasteiger charge is -2.09. The number of pyridine rings is 1. The van der Waals surface area contributed by atoms with Gasteiger partial charge in [0.15, 0.2) is 0 Å². The van der Waals surface area contributed by atoms with Gasteiger partial charge in [-0.1, -0.05) is 41.9 Å². The lowest BCUT2D eigenvalue weighted by molar-refractivity contribution is 0.300. The molecule has 4 nitrogen and oxygen atoms in total. The molecular formula is C25H15ClFNO3. The second-order valence-corrected chi connectivity index (χ2v) is 7.43. The fourth-order valence-electron chi connectivity index (χ4n) is 3.40. The maximum Gasteiger partial charge on any atom is 0.345 e. The number of ether oxygens (including phenoxy) is 1. The van der Waals surface area contributed by atoms with Crippen LogP contribution in [0.5, 0.6) is 5.75 Å². The first kappa shape index (κ1) is 19.3. The van der Waals surface area contributed by atoms with Gasteiger partial charge in [-0.15, -0.1) is 0 Å². The third kappa shape index (κ3) is 3.76. The molecule has 0 radical (unpaired) electrons. The van der Waals surface area contributed by atoms with Crippen LogP contribution < -0.4 is 10.4 Å². The van der Waals surface area contributed by atoms with Crippen LogP contribution in [0.25, 0.3) is 33.1 Å². The number of hydrogen-bond donors (Lipinski definition) is 0. The first-order valence-electron chi connectivity index (χ1n) is 9.58. The summed E-state index contributed by atoms with van der Waals surface area (Å²) in [4.78, 5) is 17.2. The average molecular weight is 432 g/mol. The smallest absolute Gasteiger partial charge is 0.345 e. The number of halogens is 2. The maximum absolute atomic E-state index is 13.9. The van der Waals surface area contributed by atoms with Crippen molar-refractivity contribution in [3.05, 3.63) is 106 Å². The summed E-state index contributed by atoms with van der Waals surface area (Å²) >= 11 is 6.04. The minimum absolute atomic E-state index is 0.0413. The molecule has 6 heteroatoms. The minimum atomic E-state index is -0.496. The second-order valence-electron chi connectivity index (χ2n) is 7.03. The van der Waals surface area contributed by atoms with E-state index in [9.17, 15) is 9.18 Å². The van der Waals surface area contributed by atoms with Crippen molar-refractivity contribution in [3.63, 3.8) is 0 Å². The van der Waals surface area contributed by atoms with Gasteiger partial charge in [0.05, 0.1) is 21.8 Å². The largest absolute Gasteiger partial charge is 0.489 e. The van der Waals surface area contributed by atoms with Crippen LogP contribution in [0.2, 0.25) is 5.02 Å². The third-order valence-corrected chi connectivity index (χ3v) is 5.38. The monoisotopic (exact) mass is 431 g/mol. The number of rotatable bonds is 4. The SMILES string of the molecule is O=c1oc2cc(OCc3c(F)cccc3Cl)ccc2cc1-c1ccc2ccccc2n1. The molecule has 3 aromatic carbocycles. The lowest BCUT2D eigenvalue weighted by Crippen LogP contribution is -2.04. The van der Waals surface area contributed by atoms with Crippen LogP contribution in [0.15, 0.2) is 88.1 Å². The fraction of sp³-hybridized carbons (Fsp3) is 0.0400. The van der Waals surface area contributed by atoms with Crippen LogP contribution in [0.4, 0.5) is 4.39 Å². The number of para-hydroxylation sites is 1. The topological polar surface area (TPSA) is 52.3 Å². The molecule has 0 aliphatic rings. The van der Waals surface area contributed by atoms with Gasteiger partial charge in [0.2, 0.25) is 0 Å². The van der Waals surface area contributed by atoms with Crippen molar-refractivity contribution in [3.8, 4) is 17.0 Å². The van der Waals surface area contributed by atoms with E-state index in [4.69, 9.17) is 20.8 Å². The van der Waals surface area contributed by atoms with Gasteiger partial charge in [-0.2, -0.15) is 0 Å². The number of hydrogen-bond acceptors (Lipinski definition) is 4. The molecule has 0 saturated carbocycles. The number of fused-ring (bicyclic) bond motifs is 2. The van der Waals surface area contributed by atoms with Gasteiger partial charge in [0.1, 0.15) is 23.8 Å². The molecule has 0 bridgehead atoms. The zero-order chi connectivity index (χ0) is 21.4. The molecule has 0 saturated heterocycles. The van der Waals surface area contributed by atoms with Crippen LogP contribution in [0.3, 0.4) is 0 Å². The van der Waals surface area contributed by atoms with E-state index in [1.54, 1.807) is 36.4 Å². The summed E-state index contributed by atoms with van der Waals surface area (Å²) in [5, 5.41) is 2.01. The Hall–Kier alpha value is -3.70. The zero-order valence-corrected chi connectivity index (χ0v) is 16.9. The summed E-state index contributed by atoms with van der Waals surface area (Å²) in [5.41, 5.74) is 1.86. The molecule has 2 heterocycles. The molecule has 152 valence electrons. The molecular weight excluding hydrogens is 417 g/mol. The van der Waals surface area contributed by atoms with Crippen molar-refractivity contribution >= 4 is 33.5 Å². The highest BCUT2D eigenvalue weighted by Crippen LogP contribution is 2.26. The molecule has 5 rings (SSSR count). The minimum Gasteiger partial charge on any atom is -0.489 e. The summed E-state index contributed by atoms with van der Waals surface area (Å²) in [5.74, 6) is -0.00102. The van der Waals surface area contributed by atoms with Crippen molar-refractivity contribution in [2.45, 2.75) is 6.61 Å². The molecule has 0 N–H and O–H groups in total. The first-order chi connectivity index (χ1) is 15.1. The van der Waals surface area contributed by atoms with Gasteiger partial charge < -0.3 is 9.15 Å². The molecule has 31 heavy (non-hydrogen) atoms. The number of benzene rings is 3. The maximum atomic E-state index is 13.9. The Bertz CT molecular complexity index is 1480. The Kier molecular flexibility index (Phi) is 4.88. The van der Waals surface area contributed by atoms with E-state index < -0.39 is 11.4 Å². The molecule has 0 aliphatic heterocycles. The summed E-state index contributed by atoms with van der Waals surface area (Å²) in [6.07, 6.45) is 0. The zero-order valence-electron chi connectivity index (χ0n) is 16.1. The summed E-state index contributed by atoms with van der Waals surface area (Å²) in [6.45, 7) is -0.0413. The van der Waals surface area contributed by atoms with Gasteiger partial charge in [-0.25, -0.2) is 14.2 Å². The van der Waals surface area contributed by atoms with Crippen molar-refractivity contribution in [2.75, 3.05) is 0 Å². The van der Waals surface area contributed by atoms with Crippen molar-refractivity contribution < 1.29 is 13.5 Å². The normalized spacial score (nSPS) is 11.2. The average Bonchev–Trinajstić information content (AvgIpc) is 2.78. The van der Waals surface area contributed by atoms with Crippen LogP contribution in [-0.4, -0.2) is 4.98 Å². The van der Waals surface area contributed by atoms with Crippen molar-refractivity contribution in [2.24, 2.45) is 0 Å². The summed E-state index contributed by atoms with van der Waals surface area (Å²) < 4.78 is 25.1. The lowest BCUT2D eigenvalue weighted by atomic mass is 10.1. The quantitative estimate of drug-likeness (QED) is 0.310. The van der Waals surface area contributed by atoms with Gasteiger partial charge in [0, 0.05) is 22.4 Å². The van der Waals surface area contributed by atoms with Crippen molar-refractivity contribution in [1.82, 2.24) is 4.98 Å². The van der Waals surface area contributed by atoms with E-state index >= 15 is 0 Å². The number of aromatic nitrogens is 1. The Morgan fingerprint density at radius 3 is 2.65 bits per heavy atom. The molecule has 0 atom stereocenters. The van der Waals surface area contributed by atoms with Crippen LogP contribution in [0.1, 0.15) is 5.56 Å². The molecule has 0 aliphatic carbocycles. The van der Waals surface area contributed by atoms with Crippen LogP contribution in [0, 0.1) is 5.82 Å². The van der Waals surface area contributed by atoms with Gasteiger partial charge in [0.25, 0.3) is 0 Å². The Balaban J connectivity index is 1.47. The summed E-state index contributed by atoms with van der Waals surface area (Å²) in [7, 11) is 0. The van der Waals surface area contributed by atoms with Gasteiger partial charge in [-0.3, -0.25) is 0 Å². The number of nitrogens with zero attached hydrogens (tertiary/aromatic N) is 1. The standard InChI is InChI=1S/C25H15ClFNO3/c26-20-5-3-6-21(27)19(20)14-30-17-10-8-16-12-18(25(29)31-24(16)13-17)23-11-9-15-4-1-2-7-22(15)28-23/h1-13H,14H2. The summed E-state index contributed by atoms with van der Waals surface area (Å²) in [6, 6.07) is 22.7. The molecule has 0 amide bonds. The van der Waals surface area contributed by atoms with E-state index in [2.05, 4.69) is 4.98 Å². The predicted octanol–water partition coefficient (Wildman–Crippen LogP) is 6.38. The molecule has 0 spiro atoms. The van der Waals surface area contributed by atoms with E-state index in [0.717, 1.165) is 16.3 Å². The molecule has 0 unspecified atom stereocenters. The highest BCUT2D eigenvalue weighted by atomic mass is 35.5. The van der Waals surface area contributed by atoms with E-state index in [1.165, 1.54) is 12.1 Å². The predicted molar refractivity (Wildman–Crippen MR) is 119 cm³/mol. The van der Waals surface area contributed by atoms with Crippen molar-refractivity contribution in [1.29, 1.82) is 0 Å².